The Hall–Kier alpha value is -2.47. The molecule has 1 heterocycles. The van der Waals surface area contributed by atoms with Crippen LogP contribution in [0, 0.1) is 13.8 Å². The monoisotopic (exact) mass is 329 g/mol. The van der Waals surface area contributed by atoms with Crippen LogP contribution < -0.4 is 10.7 Å². The van der Waals surface area contributed by atoms with E-state index in [4.69, 9.17) is 0 Å². The van der Waals surface area contributed by atoms with E-state index >= 15 is 0 Å². The second kappa shape index (κ2) is 7.19. The maximum Gasteiger partial charge on any atom is 0.256 e. The van der Waals surface area contributed by atoms with Crippen LogP contribution >= 0.6 is 11.3 Å². The Morgan fingerprint density at radius 1 is 1.09 bits per heavy atom. The summed E-state index contributed by atoms with van der Waals surface area (Å²) in [7, 11) is 0. The SMILES string of the molecule is CC(=O)N/N=C(\C)c1ccc(NC(=O)c2csc(C)c2C)cc1. The van der Waals surface area contributed by atoms with E-state index in [9.17, 15) is 9.59 Å². The van der Waals surface area contributed by atoms with Crippen molar-refractivity contribution in [2.45, 2.75) is 27.7 Å². The Bertz CT molecular complexity index is 761. The lowest BCUT2D eigenvalue weighted by Gasteiger charge is -2.07. The molecule has 0 fully saturated rings. The lowest BCUT2D eigenvalue weighted by Crippen LogP contribution is -2.15. The molecule has 0 saturated carbocycles. The number of carbonyl (C=O) groups excluding carboxylic acids is 2. The zero-order chi connectivity index (χ0) is 17.0. The Balaban J connectivity index is 2.08. The number of amides is 2. The number of nitrogens with zero attached hydrogens (tertiary/aromatic N) is 1. The van der Waals surface area contributed by atoms with Crippen molar-refractivity contribution in [3.8, 4) is 0 Å². The highest BCUT2D eigenvalue weighted by atomic mass is 32.1. The lowest BCUT2D eigenvalue weighted by molar-refractivity contribution is -0.118. The van der Waals surface area contributed by atoms with Crippen molar-refractivity contribution in [2.24, 2.45) is 5.10 Å². The molecule has 0 bridgehead atoms. The van der Waals surface area contributed by atoms with Crippen LogP contribution in [-0.4, -0.2) is 17.5 Å². The van der Waals surface area contributed by atoms with Gasteiger partial charge in [-0.3, -0.25) is 9.59 Å². The van der Waals surface area contributed by atoms with E-state index in [1.54, 1.807) is 18.3 Å². The van der Waals surface area contributed by atoms with Gasteiger partial charge in [0.25, 0.3) is 5.91 Å². The van der Waals surface area contributed by atoms with Crippen molar-refractivity contribution in [2.75, 3.05) is 5.32 Å². The number of thiophene rings is 1. The van der Waals surface area contributed by atoms with E-state index in [1.807, 2.05) is 43.5 Å². The topological polar surface area (TPSA) is 70.6 Å². The van der Waals surface area contributed by atoms with Crippen molar-refractivity contribution in [1.29, 1.82) is 0 Å². The van der Waals surface area contributed by atoms with E-state index in [0.717, 1.165) is 16.0 Å². The highest BCUT2D eigenvalue weighted by Crippen LogP contribution is 2.21. The Morgan fingerprint density at radius 2 is 1.74 bits per heavy atom. The molecule has 5 nitrogen and oxygen atoms in total. The Kier molecular flexibility index (Phi) is 5.28. The van der Waals surface area contributed by atoms with Crippen molar-refractivity contribution >= 4 is 34.6 Å². The van der Waals surface area contributed by atoms with Gasteiger partial charge < -0.3 is 5.32 Å². The van der Waals surface area contributed by atoms with Crippen LogP contribution in [0.25, 0.3) is 0 Å². The van der Waals surface area contributed by atoms with Gasteiger partial charge in [0.2, 0.25) is 5.91 Å². The Labute approximate surface area is 139 Å². The van der Waals surface area contributed by atoms with Gasteiger partial charge in [0.05, 0.1) is 11.3 Å². The number of anilines is 1. The summed E-state index contributed by atoms with van der Waals surface area (Å²) in [5, 5.41) is 8.74. The predicted molar refractivity (Wildman–Crippen MR) is 94.2 cm³/mol. The summed E-state index contributed by atoms with van der Waals surface area (Å²) in [5.41, 5.74) is 6.41. The average Bonchev–Trinajstić information content (AvgIpc) is 2.85. The van der Waals surface area contributed by atoms with Crippen LogP contribution in [0.5, 0.6) is 0 Å². The van der Waals surface area contributed by atoms with E-state index < -0.39 is 0 Å². The summed E-state index contributed by atoms with van der Waals surface area (Å²) >= 11 is 1.57. The maximum atomic E-state index is 12.3. The van der Waals surface area contributed by atoms with E-state index in [1.165, 1.54) is 6.92 Å². The quantitative estimate of drug-likeness (QED) is 0.666. The second-order valence-electron chi connectivity index (χ2n) is 5.23. The van der Waals surface area contributed by atoms with Crippen molar-refractivity contribution < 1.29 is 9.59 Å². The molecule has 2 aromatic rings. The summed E-state index contributed by atoms with van der Waals surface area (Å²) in [4.78, 5) is 24.3. The molecule has 0 spiro atoms. The van der Waals surface area contributed by atoms with Crippen molar-refractivity contribution in [3.05, 3.63) is 51.2 Å². The first-order chi connectivity index (χ1) is 10.9. The predicted octanol–water partition coefficient (Wildman–Crippen LogP) is 3.48. The minimum Gasteiger partial charge on any atom is -0.322 e. The van der Waals surface area contributed by atoms with Gasteiger partial charge in [-0.25, -0.2) is 5.43 Å². The number of carbonyl (C=O) groups is 2. The molecule has 0 atom stereocenters. The molecule has 0 saturated heterocycles. The maximum absolute atomic E-state index is 12.3. The summed E-state index contributed by atoms with van der Waals surface area (Å²) in [5.74, 6) is -0.321. The standard InChI is InChI=1S/C17H19N3O2S/c1-10-12(3)23-9-16(10)17(22)18-15-7-5-14(6-8-15)11(2)19-20-13(4)21/h5-9H,1-4H3,(H,18,22)(H,20,21)/b19-11+. The number of aryl methyl sites for hydroxylation is 1. The minimum absolute atomic E-state index is 0.108. The summed E-state index contributed by atoms with van der Waals surface area (Å²) in [6, 6.07) is 7.33. The van der Waals surface area contributed by atoms with Gasteiger partial charge in [-0.1, -0.05) is 12.1 Å². The molecule has 2 rings (SSSR count). The van der Waals surface area contributed by atoms with Crippen LogP contribution in [0.2, 0.25) is 0 Å². The molecule has 0 radical (unpaired) electrons. The van der Waals surface area contributed by atoms with Gasteiger partial charge in [0.1, 0.15) is 0 Å². The third kappa shape index (κ3) is 4.26. The third-order valence-corrected chi connectivity index (χ3v) is 4.49. The summed E-state index contributed by atoms with van der Waals surface area (Å²) in [6.07, 6.45) is 0. The van der Waals surface area contributed by atoms with Gasteiger partial charge in [-0.15, -0.1) is 11.3 Å². The van der Waals surface area contributed by atoms with Crippen LogP contribution in [0.15, 0.2) is 34.7 Å². The zero-order valence-electron chi connectivity index (χ0n) is 13.6. The molecule has 1 aromatic heterocycles. The fourth-order valence-electron chi connectivity index (χ4n) is 1.96. The van der Waals surface area contributed by atoms with Gasteiger partial charge in [-0.2, -0.15) is 5.10 Å². The van der Waals surface area contributed by atoms with E-state index in [2.05, 4.69) is 15.8 Å². The molecule has 1 aromatic carbocycles. The van der Waals surface area contributed by atoms with E-state index in [0.29, 0.717) is 17.0 Å². The normalized spacial score (nSPS) is 11.2. The smallest absolute Gasteiger partial charge is 0.256 e. The minimum atomic E-state index is -0.213. The lowest BCUT2D eigenvalue weighted by atomic mass is 10.1. The van der Waals surface area contributed by atoms with Gasteiger partial charge in [0, 0.05) is 22.9 Å². The number of nitrogens with one attached hydrogen (secondary N) is 2. The van der Waals surface area contributed by atoms with Gasteiger partial charge >= 0.3 is 0 Å². The first kappa shape index (κ1) is 16.9. The average molecular weight is 329 g/mol. The highest BCUT2D eigenvalue weighted by Gasteiger charge is 2.12. The fourth-order valence-corrected chi connectivity index (χ4v) is 2.82. The van der Waals surface area contributed by atoms with Crippen LogP contribution in [0.3, 0.4) is 0 Å². The zero-order valence-corrected chi connectivity index (χ0v) is 14.4. The molecular weight excluding hydrogens is 310 g/mol. The molecule has 2 N–H and O–H groups in total. The molecule has 23 heavy (non-hydrogen) atoms. The molecule has 120 valence electrons. The first-order valence-corrected chi connectivity index (χ1v) is 8.03. The number of hydrogen-bond donors (Lipinski definition) is 2. The number of rotatable bonds is 4. The van der Waals surface area contributed by atoms with Crippen LogP contribution in [0.1, 0.15) is 40.2 Å². The molecule has 0 aliphatic rings. The first-order valence-electron chi connectivity index (χ1n) is 7.16. The molecule has 0 aliphatic carbocycles. The number of hydrogen-bond acceptors (Lipinski definition) is 4. The largest absolute Gasteiger partial charge is 0.322 e. The molecule has 2 amide bonds. The van der Waals surface area contributed by atoms with Gasteiger partial charge in [0.15, 0.2) is 0 Å². The van der Waals surface area contributed by atoms with Crippen LogP contribution in [-0.2, 0) is 4.79 Å². The fraction of sp³-hybridized carbons (Fsp3) is 0.235. The highest BCUT2D eigenvalue weighted by molar-refractivity contribution is 7.10. The van der Waals surface area contributed by atoms with Gasteiger partial charge in [-0.05, 0) is 44.0 Å². The van der Waals surface area contributed by atoms with E-state index in [-0.39, 0.29) is 11.8 Å². The van der Waals surface area contributed by atoms with Crippen molar-refractivity contribution in [1.82, 2.24) is 5.43 Å². The molecule has 6 heteroatoms. The van der Waals surface area contributed by atoms with Crippen molar-refractivity contribution in [3.63, 3.8) is 0 Å². The number of hydrazone groups is 1. The van der Waals surface area contributed by atoms with Crippen LogP contribution in [0.4, 0.5) is 5.69 Å². The summed E-state index contributed by atoms with van der Waals surface area (Å²) in [6.45, 7) is 7.17. The third-order valence-electron chi connectivity index (χ3n) is 3.47. The second-order valence-corrected chi connectivity index (χ2v) is 6.31. The molecular formula is C17H19N3O2S. The number of benzene rings is 1. The molecule has 0 aliphatic heterocycles. The summed E-state index contributed by atoms with van der Waals surface area (Å²) < 4.78 is 0. The molecule has 0 unspecified atom stereocenters. The Morgan fingerprint density at radius 3 is 2.26 bits per heavy atom.